The van der Waals surface area contributed by atoms with Crippen molar-refractivity contribution in [3.05, 3.63) is 0 Å². The molecule has 0 aromatic rings. The summed E-state index contributed by atoms with van der Waals surface area (Å²) in [6.45, 7) is 19.0. The normalized spacial score (nSPS) is 21.7. The molecule has 1 saturated carbocycles. The van der Waals surface area contributed by atoms with Gasteiger partial charge in [-0.2, -0.15) is 0 Å². The molecular formula is C18H35NO3. The van der Waals surface area contributed by atoms with Crippen molar-refractivity contribution in [1.82, 2.24) is 5.32 Å². The molecule has 0 unspecified atom stereocenters. The van der Waals surface area contributed by atoms with Gasteiger partial charge in [0.2, 0.25) is 0 Å². The van der Waals surface area contributed by atoms with Crippen molar-refractivity contribution >= 4 is 6.09 Å². The van der Waals surface area contributed by atoms with E-state index in [0.717, 1.165) is 0 Å². The van der Waals surface area contributed by atoms with Crippen molar-refractivity contribution in [2.45, 2.75) is 92.4 Å². The molecule has 1 aliphatic carbocycles. The minimum atomic E-state index is -0.490. The van der Waals surface area contributed by atoms with E-state index in [0.29, 0.717) is 6.61 Å². The van der Waals surface area contributed by atoms with Gasteiger partial charge in [0, 0.05) is 0 Å². The molecular weight excluding hydrogens is 278 g/mol. The summed E-state index contributed by atoms with van der Waals surface area (Å²) in [5, 5.41) is 2.91. The minimum Gasteiger partial charge on any atom is -0.444 e. The third-order valence-corrected chi connectivity index (χ3v) is 4.28. The van der Waals surface area contributed by atoms with Crippen LogP contribution < -0.4 is 5.32 Å². The van der Waals surface area contributed by atoms with Crippen LogP contribution >= 0.6 is 0 Å². The number of carbonyl (C=O) groups is 1. The molecule has 0 saturated heterocycles. The molecule has 0 spiro atoms. The van der Waals surface area contributed by atoms with Gasteiger partial charge in [-0.3, -0.25) is 0 Å². The fourth-order valence-corrected chi connectivity index (χ4v) is 3.32. The van der Waals surface area contributed by atoms with Crippen LogP contribution in [0.15, 0.2) is 0 Å². The molecule has 0 aromatic carbocycles. The third-order valence-electron chi connectivity index (χ3n) is 4.28. The van der Waals surface area contributed by atoms with Crippen molar-refractivity contribution in [3.8, 4) is 0 Å². The Morgan fingerprint density at radius 2 is 1.50 bits per heavy atom. The van der Waals surface area contributed by atoms with Gasteiger partial charge in [0.1, 0.15) is 5.60 Å². The van der Waals surface area contributed by atoms with E-state index < -0.39 is 17.2 Å². The summed E-state index contributed by atoms with van der Waals surface area (Å²) in [4.78, 5) is 11.9. The summed E-state index contributed by atoms with van der Waals surface area (Å²) < 4.78 is 11.6. The van der Waals surface area contributed by atoms with Gasteiger partial charge in [0.15, 0.2) is 0 Å². The maximum atomic E-state index is 11.9. The lowest BCUT2D eigenvalue weighted by Gasteiger charge is -2.38. The van der Waals surface area contributed by atoms with E-state index in [1.54, 1.807) is 0 Å². The molecule has 4 nitrogen and oxygen atoms in total. The Morgan fingerprint density at radius 3 is 1.91 bits per heavy atom. The fourth-order valence-electron chi connectivity index (χ4n) is 3.32. The van der Waals surface area contributed by atoms with Crippen molar-refractivity contribution in [2.24, 2.45) is 10.8 Å². The van der Waals surface area contributed by atoms with Crippen LogP contribution in [0.5, 0.6) is 0 Å². The largest absolute Gasteiger partial charge is 0.444 e. The quantitative estimate of drug-likeness (QED) is 0.830. The molecule has 0 heterocycles. The monoisotopic (exact) mass is 313 g/mol. The lowest BCUT2D eigenvalue weighted by molar-refractivity contribution is -0.0758. The number of hydrogen-bond acceptors (Lipinski definition) is 3. The Labute approximate surface area is 136 Å². The number of alkyl carbamates (subject to hydrolysis) is 1. The Hall–Kier alpha value is -0.770. The first-order valence-corrected chi connectivity index (χ1v) is 8.27. The summed E-state index contributed by atoms with van der Waals surface area (Å²) in [5.41, 5.74) is -0.607. The second-order valence-corrected chi connectivity index (χ2v) is 9.68. The summed E-state index contributed by atoms with van der Waals surface area (Å²) in [6.07, 6.45) is 2.14. The summed E-state index contributed by atoms with van der Waals surface area (Å²) in [6, 6.07) is 0. The van der Waals surface area contributed by atoms with E-state index in [4.69, 9.17) is 9.47 Å². The van der Waals surface area contributed by atoms with Crippen LogP contribution in [0.3, 0.4) is 0 Å². The van der Waals surface area contributed by atoms with Crippen molar-refractivity contribution < 1.29 is 14.3 Å². The first kappa shape index (κ1) is 19.3. The molecule has 0 aromatic heterocycles. The average molecular weight is 313 g/mol. The highest BCUT2D eigenvalue weighted by Gasteiger charge is 2.48. The Bertz CT molecular complexity index is 389. The molecule has 22 heavy (non-hydrogen) atoms. The Morgan fingerprint density at radius 1 is 1.05 bits per heavy atom. The molecule has 1 amide bonds. The van der Waals surface area contributed by atoms with E-state index >= 15 is 0 Å². The summed E-state index contributed by atoms with van der Waals surface area (Å²) in [5.74, 6) is 0. The van der Waals surface area contributed by atoms with Crippen LogP contribution in [-0.2, 0) is 9.47 Å². The van der Waals surface area contributed by atoms with Gasteiger partial charge in [-0.15, -0.1) is 0 Å². The minimum absolute atomic E-state index is 0.172. The summed E-state index contributed by atoms with van der Waals surface area (Å²) >= 11 is 0. The van der Waals surface area contributed by atoms with Gasteiger partial charge < -0.3 is 14.8 Å². The smallest absolute Gasteiger partial charge is 0.408 e. The average Bonchev–Trinajstić information content (AvgIpc) is 2.42. The lowest BCUT2D eigenvalue weighted by Crippen LogP contribution is -2.50. The maximum Gasteiger partial charge on any atom is 0.408 e. The first-order chi connectivity index (χ1) is 9.65. The van der Waals surface area contributed by atoms with Gasteiger partial charge in [-0.25, -0.2) is 4.79 Å². The van der Waals surface area contributed by atoms with Crippen molar-refractivity contribution in [2.75, 3.05) is 6.61 Å². The van der Waals surface area contributed by atoms with E-state index in [1.807, 2.05) is 34.6 Å². The molecule has 0 bridgehead atoms. The third kappa shape index (κ3) is 5.45. The van der Waals surface area contributed by atoms with Crippen LogP contribution in [0.2, 0.25) is 0 Å². The predicted molar refractivity (Wildman–Crippen MR) is 90.0 cm³/mol. The van der Waals surface area contributed by atoms with Crippen molar-refractivity contribution in [3.63, 3.8) is 0 Å². The Balaban J connectivity index is 2.60. The number of nitrogens with one attached hydrogen (secondary N) is 1. The van der Waals surface area contributed by atoms with Crippen LogP contribution in [-0.4, -0.2) is 29.9 Å². The van der Waals surface area contributed by atoms with E-state index in [-0.39, 0.29) is 16.9 Å². The molecule has 0 radical (unpaired) electrons. The van der Waals surface area contributed by atoms with Crippen molar-refractivity contribution in [1.29, 1.82) is 0 Å². The van der Waals surface area contributed by atoms with Crippen LogP contribution in [0.25, 0.3) is 0 Å². The topological polar surface area (TPSA) is 47.6 Å². The van der Waals surface area contributed by atoms with E-state index in [2.05, 4.69) is 33.0 Å². The highest BCUT2D eigenvalue weighted by atomic mass is 16.6. The number of ether oxygens (including phenoxy) is 2. The van der Waals surface area contributed by atoms with Crippen LogP contribution in [0.4, 0.5) is 4.79 Å². The van der Waals surface area contributed by atoms with E-state index in [1.165, 1.54) is 12.8 Å². The number of amides is 1. The van der Waals surface area contributed by atoms with Crippen LogP contribution in [0, 0.1) is 10.8 Å². The highest BCUT2D eigenvalue weighted by Crippen LogP contribution is 2.50. The number of hydrogen-bond donors (Lipinski definition) is 1. The SMILES string of the molecule is CC(C)(COC1C(C)(C)CCC1(C)C)NC(=O)OC(C)(C)C. The van der Waals surface area contributed by atoms with Gasteiger partial charge >= 0.3 is 6.09 Å². The standard InChI is InChI=1S/C18H35NO3/c1-15(2,3)22-14(20)19-18(8,9)12-21-13-16(4,5)10-11-17(13,6)7/h13H,10-12H2,1-9H3,(H,19,20). The number of carbonyl (C=O) groups excluding carboxylic acids is 1. The van der Waals surface area contributed by atoms with Gasteiger partial charge in [-0.1, -0.05) is 27.7 Å². The van der Waals surface area contributed by atoms with Gasteiger partial charge in [0.25, 0.3) is 0 Å². The molecule has 130 valence electrons. The van der Waals surface area contributed by atoms with Gasteiger partial charge in [0.05, 0.1) is 18.2 Å². The molecule has 4 heteroatoms. The van der Waals surface area contributed by atoms with Gasteiger partial charge in [-0.05, 0) is 58.3 Å². The fraction of sp³-hybridized carbons (Fsp3) is 0.944. The highest BCUT2D eigenvalue weighted by molar-refractivity contribution is 5.68. The molecule has 0 aliphatic heterocycles. The molecule has 1 rings (SSSR count). The zero-order chi connectivity index (χ0) is 17.4. The lowest BCUT2D eigenvalue weighted by atomic mass is 9.81. The van der Waals surface area contributed by atoms with E-state index in [9.17, 15) is 4.79 Å². The zero-order valence-electron chi connectivity index (χ0n) is 15.9. The zero-order valence-corrected chi connectivity index (χ0v) is 15.9. The first-order valence-electron chi connectivity index (χ1n) is 8.27. The predicted octanol–water partition coefficient (Wildman–Crippen LogP) is 4.52. The second kappa shape index (κ2) is 6.03. The molecule has 1 fully saturated rings. The molecule has 1 aliphatic rings. The Kier molecular flexibility index (Phi) is 5.28. The number of rotatable bonds is 4. The maximum absolute atomic E-state index is 11.9. The molecule has 0 atom stereocenters. The molecule has 1 N–H and O–H groups in total. The summed E-state index contributed by atoms with van der Waals surface area (Å²) in [7, 11) is 0. The van der Waals surface area contributed by atoms with Crippen LogP contribution in [0.1, 0.15) is 75.2 Å². The second-order valence-electron chi connectivity index (χ2n) is 9.68.